The van der Waals surface area contributed by atoms with Gasteiger partial charge in [0.15, 0.2) is 0 Å². The molecule has 0 aliphatic heterocycles. The van der Waals surface area contributed by atoms with E-state index in [0.29, 0.717) is 10.7 Å². The molecule has 0 aliphatic carbocycles. The van der Waals surface area contributed by atoms with Gasteiger partial charge >= 0.3 is 8.25 Å². The Morgan fingerprint density at radius 3 is 1.75 bits per heavy atom. The van der Waals surface area contributed by atoms with Crippen molar-refractivity contribution >= 4 is 40.1 Å². The average Bonchev–Trinajstić information content (AvgIpc) is 2.03. The van der Waals surface area contributed by atoms with Crippen molar-refractivity contribution < 1.29 is 13.6 Å². The molecule has 72 valence electrons. The Morgan fingerprint density at radius 1 is 1.17 bits per heavy atom. The minimum atomic E-state index is -1.98. The first-order valence-corrected chi connectivity index (χ1v) is 6.86. The fourth-order valence-corrected chi connectivity index (χ4v) is 1.83. The predicted molar refractivity (Wildman–Crippen MR) is 56.3 cm³/mol. The van der Waals surface area contributed by atoms with Crippen molar-refractivity contribution in [3.05, 3.63) is 0 Å². The molecule has 0 radical (unpaired) electrons. The Hall–Kier alpha value is 0.980. The summed E-state index contributed by atoms with van der Waals surface area (Å²) >= 11 is 6.42. The Bertz CT molecular complexity index is 131. The van der Waals surface area contributed by atoms with Gasteiger partial charge in [-0.3, -0.25) is 0 Å². The van der Waals surface area contributed by atoms with Crippen molar-refractivity contribution in [3.8, 4) is 0 Å². The van der Waals surface area contributed by atoms with Crippen LogP contribution in [0.25, 0.3) is 0 Å². The maximum atomic E-state index is 11.0. The number of alkyl halides is 2. The molecule has 0 saturated carbocycles. The van der Waals surface area contributed by atoms with Crippen LogP contribution in [0.3, 0.4) is 0 Å². The van der Waals surface area contributed by atoms with E-state index in [9.17, 15) is 4.57 Å². The van der Waals surface area contributed by atoms with Gasteiger partial charge in [0.2, 0.25) is 0 Å². The molecule has 0 aromatic carbocycles. The van der Waals surface area contributed by atoms with Crippen LogP contribution in [0.2, 0.25) is 0 Å². The Labute approximate surface area is 90.4 Å². The number of halogens is 2. The van der Waals surface area contributed by atoms with Crippen molar-refractivity contribution in [2.45, 2.75) is 26.1 Å². The second-order valence-electron chi connectivity index (χ2n) is 2.36. The van der Waals surface area contributed by atoms with Crippen LogP contribution in [-0.4, -0.2) is 22.9 Å². The summed E-state index contributed by atoms with van der Waals surface area (Å²) in [5.41, 5.74) is 0. The van der Waals surface area contributed by atoms with Gasteiger partial charge in [0.05, 0.1) is 0 Å². The third-order valence-corrected chi connectivity index (χ3v) is 3.85. The monoisotopic (exact) mass is 321 g/mol. The van der Waals surface area contributed by atoms with Gasteiger partial charge < -0.3 is 0 Å². The fraction of sp³-hybridized carbons (Fsp3) is 1.00. The first-order chi connectivity index (χ1) is 5.60. The van der Waals surface area contributed by atoms with Gasteiger partial charge in [0, 0.05) is 15.2 Å². The summed E-state index contributed by atoms with van der Waals surface area (Å²) in [4.78, 5) is 0. The van der Waals surface area contributed by atoms with Crippen molar-refractivity contribution in [1.82, 2.24) is 0 Å². The summed E-state index contributed by atoms with van der Waals surface area (Å²) in [5, 5.41) is 1.31. The number of hydrogen-bond acceptors (Lipinski definition) is 3. The molecule has 0 fully saturated rings. The maximum absolute atomic E-state index is 11.0. The van der Waals surface area contributed by atoms with E-state index >= 15 is 0 Å². The topological polar surface area (TPSA) is 35.5 Å². The zero-order valence-electron chi connectivity index (χ0n) is 7.00. The summed E-state index contributed by atoms with van der Waals surface area (Å²) in [6.45, 7) is 3.65. The highest BCUT2D eigenvalue weighted by Gasteiger charge is 2.26. The lowest BCUT2D eigenvalue weighted by molar-refractivity contribution is 0.166. The van der Waals surface area contributed by atoms with Crippen molar-refractivity contribution in [2.24, 2.45) is 0 Å². The SMILES string of the molecule is CC(CBr)O[P+](=O)OC(C)CBr. The molecule has 0 heterocycles. The highest BCUT2D eigenvalue weighted by Crippen LogP contribution is 2.28. The van der Waals surface area contributed by atoms with Crippen LogP contribution >= 0.6 is 40.1 Å². The van der Waals surface area contributed by atoms with Crippen LogP contribution < -0.4 is 0 Å². The van der Waals surface area contributed by atoms with Crippen LogP contribution in [0, 0.1) is 0 Å². The van der Waals surface area contributed by atoms with E-state index in [1.54, 1.807) is 0 Å². The van der Waals surface area contributed by atoms with Gasteiger partial charge in [-0.15, -0.1) is 9.05 Å². The molecule has 0 aromatic rings. The largest absolute Gasteiger partial charge is 0.697 e. The average molecular weight is 323 g/mol. The second kappa shape index (κ2) is 7.39. The molecule has 0 rings (SSSR count). The van der Waals surface area contributed by atoms with E-state index in [1.807, 2.05) is 13.8 Å². The Kier molecular flexibility index (Phi) is 7.99. The zero-order valence-corrected chi connectivity index (χ0v) is 11.1. The van der Waals surface area contributed by atoms with Gasteiger partial charge in [-0.05, 0) is 13.8 Å². The number of rotatable bonds is 6. The van der Waals surface area contributed by atoms with Crippen LogP contribution in [0.1, 0.15) is 13.8 Å². The Balaban J connectivity index is 3.59. The molecule has 12 heavy (non-hydrogen) atoms. The standard InChI is InChI=1S/C6H12Br2O3P/c1-5(3-7)10-12(9)11-6(2)4-8/h5-6H,3-4H2,1-2H3/q+1. The van der Waals surface area contributed by atoms with Crippen molar-refractivity contribution in [1.29, 1.82) is 0 Å². The third-order valence-electron chi connectivity index (χ3n) is 0.967. The lowest BCUT2D eigenvalue weighted by atomic mass is 10.5. The molecule has 0 amide bonds. The van der Waals surface area contributed by atoms with Crippen molar-refractivity contribution in [2.75, 3.05) is 10.7 Å². The summed E-state index contributed by atoms with van der Waals surface area (Å²) < 4.78 is 21.0. The van der Waals surface area contributed by atoms with Gasteiger partial charge in [-0.2, -0.15) is 0 Å². The van der Waals surface area contributed by atoms with Crippen molar-refractivity contribution in [3.63, 3.8) is 0 Å². The first kappa shape index (κ1) is 13.0. The minimum Gasteiger partial charge on any atom is -0.115 e. The number of hydrogen-bond donors (Lipinski definition) is 0. The van der Waals surface area contributed by atoms with Gasteiger partial charge in [0.25, 0.3) is 0 Å². The molecule has 0 aromatic heterocycles. The van der Waals surface area contributed by atoms with E-state index < -0.39 is 8.25 Å². The predicted octanol–water partition coefficient (Wildman–Crippen LogP) is 3.24. The second-order valence-corrected chi connectivity index (χ2v) is 4.53. The molecule has 2 unspecified atom stereocenters. The van der Waals surface area contributed by atoms with Crippen LogP contribution in [0.5, 0.6) is 0 Å². The lowest BCUT2D eigenvalue weighted by Gasteiger charge is -1.99. The molecule has 2 atom stereocenters. The minimum absolute atomic E-state index is 0.0869. The smallest absolute Gasteiger partial charge is 0.115 e. The molecule has 0 N–H and O–H groups in total. The quantitative estimate of drug-likeness (QED) is 0.556. The zero-order chi connectivity index (χ0) is 9.56. The van der Waals surface area contributed by atoms with E-state index in [0.717, 1.165) is 0 Å². The van der Waals surface area contributed by atoms with Gasteiger partial charge in [-0.1, -0.05) is 31.9 Å². The summed E-state index contributed by atoms with van der Waals surface area (Å²) in [5.74, 6) is 0. The van der Waals surface area contributed by atoms with Gasteiger partial charge in [0.1, 0.15) is 12.2 Å². The van der Waals surface area contributed by atoms with E-state index in [-0.39, 0.29) is 12.2 Å². The fourth-order valence-electron chi connectivity index (χ4n) is 0.375. The normalized spacial score (nSPS) is 17.2. The summed E-state index contributed by atoms with van der Waals surface area (Å²) in [7, 11) is -1.98. The van der Waals surface area contributed by atoms with Crippen LogP contribution in [0.15, 0.2) is 0 Å². The molecule has 6 heteroatoms. The van der Waals surface area contributed by atoms with Crippen LogP contribution in [0.4, 0.5) is 0 Å². The molecular formula is C6H12Br2O3P+. The Morgan fingerprint density at radius 2 is 1.50 bits per heavy atom. The van der Waals surface area contributed by atoms with E-state index in [1.165, 1.54) is 0 Å². The molecule has 0 spiro atoms. The van der Waals surface area contributed by atoms with E-state index in [4.69, 9.17) is 9.05 Å². The third kappa shape index (κ3) is 6.49. The molecular weight excluding hydrogens is 311 g/mol. The molecule has 0 saturated heterocycles. The molecule has 0 bridgehead atoms. The maximum Gasteiger partial charge on any atom is 0.697 e. The molecule has 0 aliphatic rings. The lowest BCUT2D eigenvalue weighted by Crippen LogP contribution is -2.09. The van der Waals surface area contributed by atoms with Gasteiger partial charge in [-0.25, -0.2) is 0 Å². The highest BCUT2D eigenvalue weighted by molar-refractivity contribution is 9.09. The van der Waals surface area contributed by atoms with E-state index in [2.05, 4.69) is 31.9 Å². The first-order valence-electron chi connectivity index (χ1n) is 3.52. The summed E-state index contributed by atoms with van der Waals surface area (Å²) in [6.07, 6.45) is -0.174. The summed E-state index contributed by atoms with van der Waals surface area (Å²) in [6, 6.07) is 0. The highest BCUT2D eigenvalue weighted by atomic mass is 79.9. The molecule has 3 nitrogen and oxygen atoms in total. The van der Waals surface area contributed by atoms with Crippen LogP contribution in [-0.2, 0) is 13.6 Å².